The highest BCUT2D eigenvalue weighted by Crippen LogP contribution is 2.29. The van der Waals surface area contributed by atoms with Crippen molar-refractivity contribution in [2.45, 2.75) is 19.4 Å². The van der Waals surface area contributed by atoms with E-state index in [1.165, 1.54) is 11.1 Å². The molecule has 1 aliphatic rings. The number of rotatable bonds is 4. The first kappa shape index (κ1) is 14.8. The molecular weight excluding hydrogens is 274 g/mol. The molecule has 1 unspecified atom stereocenters. The smallest absolute Gasteiger partial charge is 0.176 e. The third-order valence-corrected chi connectivity index (χ3v) is 4.48. The molecule has 0 aromatic heterocycles. The fourth-order valence-electron chi connectivity index (χ4n) is 3.09. The number of ketones is 1. The van der Waals surface area contributed by atoms with Gasteiger partial charge in [0.1, 0.15) is 5.75 Å². The van der Waals surface area contributed by atoms with E-state index in [4.69, 9.17) is 4.74 Å². The van der Waals surface area contributed by atoms with Gasteiger partial charge in [-0.3, -0.25) is 9.69 Å². The fourth-order valence-corrected chi connectivity index (χ4v) is 3.09. The van der Waals surface area contributed by atoms with Crippen LogP contribution in [0.1, 0.15) is 34.5 Å². The molecule has 0 fully saturated rings. The summed E-state index contributed by atoms with van der Waals surface area (Å²) < 4.78 is 5.13. The van der Waals surface area contributed by atoms with Crippen molar-refractivity contribution in [3.63, 3.8) is 0 Å². The quantitative estimate of drug-likeness (QED) is 0.809. The standard InChI is InChI=1S/C19H21NO2/c1-14-18-6-4-3-5-15(18)11-12-20(14)13-19(21)16-7-9-17(22-2)10-8-16/h3-10,14H,11-13H2,1-2H3. The summed E-state index contributed by atoms with van der Waals surface area (Å²) in [6.45, 7) is 3.57. The molecule has 0 spiro atoms. The van der Waals surface area contributed by atoms with Gasteiger partial charge in [0.25, 0.3) is 0 Å². The van der Waals surface area contributed by atoms with Gasteiger partial charge >= 0.3 is 0 Å². The van der Waals surface area contributed by atoms with Crippen molar-refractivity contribution in [3.05, 3.63) is 65.2 Å². The lowest BCUT2D eigenvalue weighted by Crippen LogP contribution is -2.37. The molecule has 1 aliphatic heterocycles. The molecule has 0 bridgehead atoms. The van der Waals surface area contributed by atoms with E-state index in [0.29, 0.717) is 6.54 Å². The highest BCUT2D eigenvalue weighted by Gasteiger charge is 2.25. The van der Waals surface area contributed by atoms with E-state index in [0.717, 1.165) is 24.3 Å². The van der Waals surface area contributed by atoms with Crippen molar-refractivity contribution < 1.29 is 9.53 Å². The molecule has 3 heteroatoms. The van der Waals surface area contributed by atoms with Gasteiger partial charge in [0.05, 0.1) is 13.7 Å². The van der Waals surface area contributed by atoms with E-state index in [9.17, 15) is 4.79 Å². The van der Waals surface area contributed by atoms with Gasteiger partial charge in [-0.05, 0) is 48.7 Å². The second-order valence-corrected chi connectivity index (χ2v) is 5.75. The number of methoxy groups -OCH3 is 1. The van der Waals surface area contributed by atoms with Gasteiger partial charge in [-0.2, -0.15) is 0 Å². The molecule has 0 N–H and O–H groups in total. The zero-order valence-corrected chi connectivity index (χ0v) is 13.1. The molecular formula is C19H21NO2. The number of Topliss-reactive ketones (excluding diaryl/α,β-unsaturated/α-hetero) is 1. The summed E-state index contributed by atoms with van der Waals surface area (Å²) in [6.07, 6.45) is 1.01. The number of ether oxygens (including phenoxy) is 1. The van der Waals surface area contributed by atoms with Crippen LogP contribution in [0.15, 0.2) is 48.5 Å². The Balaban J connectivity index is 1.72. The van der Waals surface area contributed by atoms with Crippen LogP contribution in [0.25, 0.3) is 0 Å². The van der Waals surface area contributed by atoms with Crippen LogP contribution in [-0.4, -0.2) is 30.9 Å². The predicted molar refractivity (Wildman–Crippen MR) is 87.5 cm³/mol. The molecule has 0 saturated carbocycles. The highest BCUT2D eigenvalue weighted by molar-refractivity contribution is 5.97. The molecule has 1 heterocycles. The third kappa shape index (κ3) is 2.90. The first-order valence-corrected chi connectivity index (χ1v) is 7.68. The first-order chi connectivity index (χ1) is 10.7. The van der Waals surface area contributed by atoms with Crippen molar-refractivity contribution >= 4 is 5.78 Å². The Morgan fingerprint density at radius 2 is 1.91 bits per heavy atom. The number of carbonyl (C=O) groups is 1. The Morgan fingerprint density at radius 1 is 1.18 bits per heavy atom. The molecule has 2 aromatic carbocycles. The molecule has 1 atom stereocenters. The number of fused-ring (bicyclic) bond motifs is 1. The molecule has 3 rings (SSSR count). The van der Waals surface area contributed by atoms with E-state index in [1.54, 1.807) is 7.11 Å². The molecule has 3 nitrogen and oxygen atoms in total. The lowest BCUT2D eigenvalue weighted by molar-refractivity contribution is 0.0890. The average Bonchev–Trinajstić information content (AvgIpc) is 2.57. The van der Waals surface area contributed by atoms with Crippen LogP contribution in [0.3, 0.4) is 0 Å². The van der Waals surface area contributed by atoms with Crippen molar-refractivity contribution in [2.75, 3.05) is 20.2 Å². The second kappa shape index (κ2) is 6.32. The molecule has 114 valence electrons. The van der Waals surface area contributed by atoms with E-state index in [2.05, 4.69) is 36.1 Å². The summed E-state index contributed by atoms with van der Waals surface area (Å²) in [5, 5.41) is 0. The minimum Gasteiger partial charge on any atom is -0.497 e. The monoisotopic (exact) mass is 295 g/mol. The van der Waals surface area contributed by atoms with Gasteiger partial charge < -0.3 is 4.74 Å². The Hall–Kier alpha value is -2.13. The van der Waals surface area contributed by atoms with Crippen LogP contribution in [0, 0.1) is 0 Å². The number of nitrogens with zero attached hydrogens (tertiary/aromatic N) is 1. The van der Waals surface area contributed by atoms with Gasteiger partial charge in [0, 0.05) is 18.2 Å². The zero-order valence-electron chi connectivity index (χ0n) is 13.1. The van der Waals surface area contributed by atoms with Crippen LogP contribution in [0.2, 0.25) is 0 Å². The molecule has 0 saturated heterocycles. The van der Waals surface area contributed by atoms with E-state index < -0.39 is 0 Å². The molecule has 2 aromatic rings. The van der Waals surface area contributed by atoms with Gasteiger partial charge in [-0.1, -0.05) is 24.3 Å². The van der Waals surface area contributed by atoms with Crippen LogP contribution in [-0.2, 0) is 6.42 Å². The van der Waals surface area contributed by atoms with Crippen LogP contribution >= 0.6 is 0 Å². The largest absolute Gasteiger partial charge is 0.497 e. The predicted octanol–water partition coefficient (Wildman–Crippen LogP) is 3.50. The van der Waals surface area contributed by atoms with E-state index in [1.807, 2.05) is 24.3 Å². The van der Waals surface area contributed by atoms with Crippen molar-refractivity contribution in [2.24, 2.45) is 0 Å². The Kier molecular flexibility index (Phi) is 4.25. The maximum Gasteiger partial charge on any atom is 0.176 e. The topological polar surface area (TPSA) is 29.5 Å². The first-order valence-electron chi connectivity index (χ1n) is 7.68. The molecule has 22 heavy (non-hydrogen) atoms. The van der Waals surface area contributed by atoms with Gasteiger partial charge in [0.2, 0.25) is 0 Å². The van der Waals surface area contributed by atoms with Crippen LogP contribution in [0.5, 0.6) is 5.75 Å². The second-order valence-electron chi connectivity index (χ2n) is 5.75. The lowest BCUT2D eigenvalue weighted by atomic mass is 9.93. The SMILES string of the molecule is COc1ccc(C(=O)CN2CCc3ccccc3C2C)cc1. The molecule has 0 aliphatic carbocycles. The molecule has 0 amide bonds. The van der Waals surface area contributed by atoms with Gasteiger partial charge in [-0.15, -0.1) is 0 Å². The van der Waals surface area contributed by atoms with Gasteiger partial charge in [0.15, 0.2) is 5.78 Å². The third-order valence-electron chi connectivity index (χ3n) is 4.48. The maximum atomic E-state index is 12.5. The molecule has 0 radical (unpaired) electrons. The number of hydrogen-bond donors (Lipinski definition) is 0. The number of carbonyl (C=O) groups excluding carboxylic acids is 1. The number of benzene rings is 2. The summed E-state index contributed by atoms with van der Waals surface area (Å²) in [6, 6.07) is 16.1. The number of hydrogen-bond acceptors (Lipinski definition) is 3. The van der Waals surface area contributed by atoms with Crippen molar-refractivity contribution in [1.82, 2.24) is 4.90 Å². The van der Waals surface area contributed by atoms with Crippen molar-refractivity contribution in [1.29, 1.82) is 0 Å². The van der Waals surface area contributed by atoms with Crippen molar-refractivity contribution in [3.8, 4) is 5.75 Å². The van der Waals surface area contributed by atoms with Crippen LogP contribution in [0.4, 0.5) is 0 Å². The van der Waals surface area contributed by atoms with E-state index in [-0.39, 0.29) is 11.8 Å². The summed E-state index contributed by atoms with van der Waals surface area (Å²) in [4.78, 5) is 14.7. The summed E-state index contributed by atoms with van der Waals surface area (Å²) in [5.74, 6) is 0.936. The highest BCUT2D eigenvalue weighted by atomic mass is 16.5. The Bertz CT molecular complexity index is 663. The minimum atomic E-state index is 0.161. The maximum absolute atomic E-state index is 12.5. The normalized spacial score (nSPS) is 17.8. The zero-order chi connectivity index (χ0) is 15.5. The summed E-state index contributed by atoms with van der Waals surface area (Å²) in [5.41, 5.74) is 3.49. The van der Waals surface area contributed by atoms with Crippen LogP contribution < -0.4 is 4.74 Å². The average molecular weight is 295 g/mol. The Labute approximate surface area is 131 Å². The summed E-state index contributed by atoms with van der Waals surface area (Å²) in [7, 11) is 1.63. The fraction of sp³-hybridized carbons (Fsp3) is 0.316. The van der Waals surface area contributed by atoms with Gasteiger partial charge in [-0.25, -0.2) is 0 Å². The Morgan fingerprint density at radius 3 is 2.64 bits per heavy atom. The minimum absolute atomic E-state index is 0.161. The lowest BCUT2D eigenvalue weighted by Gasteiger charge is -2.34. The van der Waals surface area contributed by atoms with E-state index >= 15 is 0 Å². The summed E-state index contributed by atoms with van der Waals surface area (Å²) >= 11 is 0.